The van der Waals surface area contributed by atoms with Gasteiger partial charge in [-0.1, -0.05) is 11.6 Å². The molecule has 7 heteroatoms. The van der Waals surface area contributed by atoms with Gasteiger partial charge in [0.2, 0.25) is 5.91 Å². The smallest absolute Gasteiger partial charge is 0.257 e. The molecule has 140 valence electrons. The first kappa shape index (κ1) is 18.8. The van der Waals surface area contributed by atoms with Gasteiger partial charge in [0, 0.05) is 24.0 Å². The SMILES string of the molecule is CC(=O)Nc1ccc(NC(=O)c2cc(C)n(Cc3ccco3)c2C)cc1Cl. The van der Waals surface area contributed by atoms with Gasteiger partial charge in [-0.15, -0.1) is 0 Å². The molecule has 0 aliphatic heterocycles. The third kappa shape index (κ3) is 4.23. The minimum Gasteiger partial charge on any atom is -0.467 e. The highest BCUT2D eigenvalue weighted by Gasteiger charge is 2.17. The summed E-state index contributed by atoms with van der Waals surface area (Å²) in [7, 11) is 0. The van der Waals surface area contributed by atoms with E-state index in [-0.39, 0.29) is 11.8 Å². The van der Waals surface area contributed by atoms with E-state index in [1.165, 1.54) is 6.92 Å². The Kier molecular flexibility index (Phi) is 5.37. The van der Waals surface area contributed by atoms with Crippen molar-refractivity contribution in [1.82, 2.24) is 4.57 Å². The Morgan fingerprint density at radius 3 is 2.56 bits per heavy atom. The molecule has 0 aliphatic rings. The Labute approximate surface area is 162 Å². The third-order valence-corrected chi connectivity index (χ3v) is 4.56. The van der Waals surface area contributed by atoms with E-state index in [0.717, 1.165) is 17.1 Å². The van der Waals surface area contributed by atoms with Crippen LogP contribution in [0.3, 0.4) is 0 Å². The molecule has 0 aliphatic carbocycles. The third-order valence-electron chi connectivity index (χ3n) is 4.25. The van der Waals surface area contributed by atoms with Crippen LogP contribution in [-0.4, -0.2) is 16.4 Å². The number of aryl methyl sites for hydroxylation is 1. The van der Waals surface area contributed by atoms with Crippen molar-refractivity contribution < 1.29 is 14.0 Å². The summed E-state index contributed by atoms with van der Waals surface area (Å²) in [5.41, 5.74) is 3.45. The van der Waals surface area contributed by atoms with Gasteiger partial charge in [0.15, 0.2) is 0 Å². The van der Waals surface area contributed by atoms with Crippen LogP contribution >= 0.6 is 11.6 Å². The molecule has 1 aromatic carbocycles. The second-order valence-electron chi connectivity index (χ2n) is 6.28. The average Bonchev–Trinajstić information content (AvgIpc) is 3.21. The highest BCUT2D eigenvalue weighted by Crippen LogP contribution is 2.26. The summed E-state index contributed by atoms with van der Waals surface area (Å²) in [4.78, 5) is 23.9. The number of aromatic nitrogens is 1. The van der Waals surface area contributed by atoms with Gasteiger partial charge in [0.25, 0.3) is 5.91 Å². The van der Waals surface area contributed by atoms with E-state index in [1.807, 2.05) is 36.6 Å². The Bertz CT molecular complexity index is 990. The van der Waals surface area contributed by atoms with Crippen molar-refractivity contribution in [2.75, 3.05) is 10.6 Å². The van der Waals surface area contributed by atoms with Crippen molar-refractivity contribution in [2.24, 2.45) is 0 Å². The van der Waals surface area contributed by atoms with E-state index in [1.54, 1.807) is 24.5 Å². The van der Waals surface area contributed by atoms with Gasteiger partial charge >= 0.3 is 0 Å². The van der Waals surface area contributed by atoms with Crippen LogP contribution in [-0.2, 0) is 11.3 Å². The Hall–Kier alpha value is -2.99. The van der Waals surface area contributed by atoms with Crippen LogP contribution in [0.2, 0.25) is 5.02 Å². The van der Waals surface area contributed by atoms with Gasteiger partial charge < -0.3 is 19.6 Å². The molecule has 0 fully saturated rings. The lowest BCUT2D eigenvalue weighted by Gasteiger charge is -2.10. The maximum Gasteiger partial charge on any atom is 0.257 e. The van der Waals surface area contributed by atoms with Crippen molar-refractivity contribution in [2.45, 2.75) is 27.3 Å². The molecule has 6 nitrogen and oxygen atoms in total. The number of nitrogens with one attached hydrogen (secondary N) is 2. The quantitative estimate of drug-likeness (QED) is 0.673. The van der Waals surface area contributed by atoms with Crippen molar-refractivity contribution in [1.29, 1.82) is 0 Å². The summed E-state index contributed by atoms with van der Waals surface area (Å²) in [6.07, 6.45) is 1.63. The summed E-state index contributed by atoms with van der Waals surface area (Å²) >= 11 is 6.16. The molecule has 2 N–H and O–H groups in total. The minimum atomic E-state index is -0.225. The normalized spacial score (nSPS) is 10.7. The lowest BCUT2D eigenvalue weighted by Crippen LogP contribution is -2.14. The first-order chi connectivity index (χ1) is 12.8. The number of halogens is 1. The van der Waals surface area contributed by atoms with Gasteiger partial charge in [-0.05, 0) is 50.2 Å². The maximum atomic E-state index is 12.7. The summed E-state index contributed by atoms with van der Waals surface area (Å²) in [6.45, 7) is 5.82. The van der Waals surface area contributed by atoms with E-state index < -0.39 is 0 Å². The molecule has 0 unspecified atom stereocenters. The van der Waals surface area contributed by atoms with Crippen LogP contribution < -0.4 is 10.6 Å². The van der Waals surface area contributed by atoms with E-state index >= 15 is 0 Å². The zero-order valence-electron chi connectivity index (χ0n) is 15.3. The lowest BCUT2D eigenvalue weighted by atomic mass is 10.2. The molecule has 0 atom stereocenters. The fraction of sp³-hybridized carbons (Fsp3) is 0.200. The molecule has 2 amide bonds. The largest absolute Gasteiger partial charge is 0.467 e. The van der Waals surface area contributed by atoms with Gasteiger partial charge in [0.1, 0.15) is 5.76 Å². The number of hydrogen-bond acceptors (Lipinski definition) is 3. The summed E-state index contributed by atoms with van der Waals surface area (Å²) in [5, 5.41) is 5.83. The fourth-order valence-corrected chi connectivity index (χ4v) is 3.14. The molecule has 3 aromatic rings. The molecule has 0 saturated heterocycles. The van der Waals surface area contributed by atoms with Crippen LogP contribution in [0.4, 0.5) is 11.4 Å². The Morgan fingerprint density at radius 1 is 1.15 bits per heavy atom. The van der Waals surface area contributed by atoms with E-state index in [0.29, 0.717) is 28.5 Å². The summed E-state index contributed by atoms with van der Waals surface area (Å²) in [6, 6.07) is 10.5. The monoisotopic (exact) mass is 385 g/mol. The number of hydrogen-bond donors (Lipinski definition) is 2. The van der Waals surface area contributed by atoms with Crippen LogP contribution in [0.15, 0.2) is 47.1 Å². The standard InChI is InChI=1S/C20H20ClN3O3/c1-12-9-17(13(2)24(12)11-16-5-4-8-27-16)20(26)23-15-6-7-19(18(21)10-15)22-14(3)25/h4-10H,11H2,1-3H3,(H,22,25)(H,23,26). The number of amides is 2. The average molecular weight is 386 g/mol. The molecule has 0 radical (unpaired) electrons. The number of carbonyl (C=O) groups is 2. The molecule has 0 saturated carbocycles. The summed E-state index contributed by atoms with van der Waals surface area (Å²) < 4.78 is 7.43. The highest BCUT2D eigenvalue weighted by molar-refractivity contribution is 6.34. The minimum absolute atomic E-state index is 0.210. The molecule has 27 heavy (non-hydrogen) atoms. The number of furan rings is 1. The molecular weight excluding hydrogens is 366 g/mol. The van der Waals surface area contributed by atoms with E-state index in [4.69, 9.17) is 16.0 Å². The molecule has 0 bridgehead atoms. The van der Waals surface area contributed by atoms with E-state index in [9.17, 15) is 9.59 Å². The first-order valence-corrected chi connectivity index (χ1v) is 8.80. The van der Waals surface area contributed by atoms with Crippen molar-refractivity contribution in [3.8, 4) is 0 Å². The van der Waals surface area contributed by atoms with Crippen molar-refractivity contribution in [3.63, 3.8) is 0 Å². The topological polar surface area (TPSA) is 76.3 Å². The zero-order valence-corrected chi connectivity index (χ0v) is 16.1. The molecular formula is C20H20ClN3O3. The highest BCUT2D eigenvalue weighted by atomic mass is 35.5. The van der Waals surface area contributed by atoms with Crippen molar-refractivity contribution >= 4 is 34.8 Å². The molecule has 3 rings (SSSR count). The predicted molar refractivity (Wildman–Crippen MR) is 105 cm³/mol. The lowest BCUT2D eigenvalue weighted by molar-refractivity contribution is -0.114. The van der Waals surface area contributed by atoms with Crippen molar-refractivity contribution in [3.05, 3.63) is 70.4 Å². The number of nitrogens with zero attached hydrogens (tertiary/aromatic N) is 1. The molecule has 0 spiro atoms. The van der Waals surface area contributed by atoms with Crippen LogP contribution in [0, 0.1) is 13.8 Å². The van der Waals surface area contributed by atoms with Crippen LogP contribution in [0.25, 0.3) is 0 Å². The maximum absolute atomic E-state index is 12.7. The Morgan fingerprint density at radius 2 is 1.93 bits per heavy atom. The van der Waals surface area contributed by atoms with Gasteiger partial charge in [0.05, 0.1) is 29.1 Å². The summed E-state index contributed by atoms with van der Waals surface area (Å²) in [5.74, 6) is 0.388. The molecule has 2 aromatic heterocycles. The van der Waals surface area contributed by atoms with Crippen LogP contribution in [0.1, 0.15) is 34.4 Å². The first-order valence-electron chi connectivity index (χ1n) is 8.42. The number of rotatable bonds is 5. The van der Waals surface area contributed by atoms with Gasteiger partial charge in [-0.3, -0.25) is 9.59 Å². The number of carbonyl (C=O) groups excluding carboxylic acids is 2. The van der Waals surface area contributed by atoms with Gasteiger partial charge in [-0.2, -0.15) is 0 Å². The fourth-order valence-electron chi connectivity index (χ4n) is 2.92. The van der Waals surface area contributed by atoms with Gasteiger partial charge in [-0.25, -0.2) is 0 Å². The van der Waals surface area contributed by atoms with Crippen LogP contribution in [0.5, 0.6) is 0 Å². The predicted octanol–water partition coefficient (Wildman–Crippen LogP) is 4.61. The number of benzene rings is 1. The second kappa shape index (κ2) is 7.72. The van der Waals surface area contributed by atoms with E-state index in [2.05, 4.69) is 10.6 Å². The zero-order chi connectivity index (χ0) is 19.6. The molecule has 2 heterocycles. The Balaban J connectivity index is 1.78. The second-order valence-corrected chi connectivity index (χ2v) is 6.69. The number of anilines is 2.